The van der Waals surface area contributed by atoms with Gasteiger partial charge in [0.05, 0.1) is 24.2 Å². The highest BCUT2D eigenvalue weighted by atomic mass is 32.2. The second-order valence-corrected chi connectivity index (χ2v) is 10.3. The molecule has 37 heavy (non-hydrogen) atoms. The molecule has 0 radical (unpaired) electrons. The summed E-state index contributed by atoms with van der Waals surface area (Å²) in [6.45, 7) is 4.10. The molecule has 196 valence electrons. The van der Waals surface area contributed by atoms with Gasteiger partial charge in [0.15, 0.2) is 0 Å². The third-order valence-corrected chi connectivity index (χ3v) is 7.16. The van der Waals surface area contributed by atoms with Crippen LogP contribution in [0.3, 0.4) is 0 Å². The molecule has 1 amide bonds. The molecule has 8 nitrogen and oxygen atoms in total. The molecule has 1 atom stereocenters. The van der Waals surface area contributed by atoms with E-state index >= 15 is 0 Å². The number of amides is 1. The van der Waals surface area contributed by atoms with E-state index in [1.165, 1.54) is 19.2 Å². The van der Waals surface area contributed by atoms with Crippen LogP contribution >= 0.6 is 0 Å². The van der Waals surface area contributed by atoms with E-state index in [0.717, 1.165) is 18.4 Å². The molecular formula is C28H32N2O6S. The lowest BCUT2D eigenvalue weighted by atomic mass is 10.1. The van der Waals surface area contributed by atoms with Gasteiger partial charge in [-0.3, -0.25) is 4.79 Å². The number of sulfonamides is 1. The number of carbonyl (C=O) groups excluding carboxylic acids is 2. The number of ether oxygens (including phenoxy) is 2. The number of hydrogen-bond donors (Lipinski definition) is 2. The summed E-state index contributed by atoms with van der Waals surface area (Å²) < 4.78 is 39.3. The number of carbonyl (C=O) groups is 2. The van der Waals surface area contributed by atoms with E-state index in [2.05, 4.69) is 10.0 Å². The SMILES string of the molecule is CCCCOC(=O)c1ccc(NC(=O)C(Cc2ccccc2)NS(=O)(=O)c2ccc(OC)c(C)c2)cc1. The van der Waals surface area contributed by atoms with Gasteiger partial charge in [0.2, 0.25) is 15.9 Å². The van der Waals surface area contributed by atoms with Gasteiger partial charge in [-0.25, -0.2) is 13.2 Å². The molecule has 0 spiro atoms. The highest BCUT2D eigenvalue weighted by Gasteiger charge is 2.27. The molecule has 0 heterocycles. The fourth-order valence-electron chi connectivity index (χ4n) is 3.62. The van der Waals surface area contributed by atoms with Gasteiger partial charge in [-0.2, -0.15) is 4.72 Å². The second kappa shape index (κ2) is 13.0. The van der Waals surface area contributed by atoms with Crippen molar-refractivity contribution in [2.24, 2.45) is 0 Å². The molecule has 9 heteroatoms. The van der Waals surface area contributed by atoms with Crippen molar-refractivity contribution in [2.75, 3.05) is 19.0 Å². The van der Waals surface area contributed by atoms with Crippen LogP contribution in [-0.4, -0.2) is 40.1 Å². The zero-order valence-electron chi connectivity index (χ0n) is 21.2. The topological polar surface area (TPSA) is 111 Å². The molecule has 3 aromatic carbocycles. The Balaban J connectivity index is 1.78. The number of methoxy groups -OCH3 is 1. The Kier molecular flexibility index (Phi) is 9.82. The largest absolute Gasteiger partial charge is 0.496 e. The molecule has 0 saturated heterocycles. The molecule has 0 saturated carbocycles. The maximum Gasteiger partial charge on any atom is 0.338 e. The summed E-state index contributed by atoms with van der Waals surface area (Å²) >= 11 is 0. The van der Waals surface area contributed by atoms with E-state index < -0.39 is 27.9 Å². The Morgan fingerprint density at radius 1 is 0.973 bits per heavy atom. The third kappa shape index (κ3) is 7.90. The Hall–Kier alpha value is -3.69. The summed E-state index contributed by atoms with van der Waals surface area (Å²) in [5.74, 6) is -0.401. The molecule has 2 N–H and O–H groups in total. The molecule has 3 rings (SSSR count). The van der Waals surface area contributed by atoms with Gasteiger partial charge in [-0.05, 0) is 73.4 Å². The summed E-state index contributed by atoms with van der Waals surface area (Å²) in [7, 11) is -2.51. The van der Waals surface area contributed by atoms with E-state index in [0.29, 0.717) is 29.2 Å². The van der Waals surface area contributed by atoms with Gasteiger partial charge >= 0.3 is 5.97 Å². The Labute approximate surface area is 218 Å². The third-order valence-electron chi connectivity index (χ3n) is 5.69. The maximum atomic E-state index is 13.2. The quantitative estimate of drug-likeness (QED) is 0.267. The zero-order chi connectivity index (χ0) is 26.8. The molecule has 0 fully saturated rings. The minimum Gasteiger partial charge on any atom is -0.496 e. The first-order valence-electron chi connectivity index (χ1n) is 12.0. The van der Waals surface area contributed by atoms with E-state index in [1.54, 1.807) is 37.3 Å². The average molecular weight is 525 g/mol. The van der Waals surface area contributed by atoms with Gasteiger partial charge in [0, 0.05) is 5.69 Å². The van der Waals surface area contributed by atoms with E-state index in [1.807, 2.05) is 37.3 Å². The average Bonchev–Trinajstić information content (AvgIpc) is 2.89. The first-order valence-corrected chi connectivity index (χ1v) is 13.5. The van der Waals surface area contributed by atoms with Crippen LogP contribution in [0, 0.1) is 6.92 Å². The van der Waals surface area contributed by atoms with Crippen molar-refractivity contribution < 1.29 is 27.5 Å². The minimum atomic E-state index is -4.02. The first kappa shape index (κ1) is 27.9. The van der Waals surface area contributed by atoms with Crippen molar-refractivity contribution in [3.05, 3.63) is 89.5 Å². The number of nitrogens with one attached hydrogen (secondary N) is 2. The molecule has 1 unspecified atom stereocenters. The van der Waals surface area contributed by atoms with Crippen molar-refractivity contribution in [1.82, 2.24) is 4.72 Å². The first-order chi connectivity index (χ1) is 17.7. The Morgan fingerprint density at radius 2 is 1.68 bits per heavy atom. The lowest BCUT2D eigenvalue weighted by Crippen LogP contribution is -2.45. The number of hydrogen-bond acceptors (Lipinski definition) is 6. The summed E-state index contributed by atoms with van der Waals surface area (Å²) in [6.07, 6.45) is 1.85. The van der Waals surface area contributed by atoms with Crippen LogP contribution in [0.25, 0.3) is 0 Å². The zero-order valence-corrected chi connectivity index (χ0v) is 22.0. The van der Waals surface area contributed by atoms with Crippen LogP contribution in [0.1, 0.15) is 41.3 Å². The number of anilines is 1. The minimum absolute atomic E-state index is 0.0302. The molecular weight excluding hydrogens is 492 g/mol. The number of esters is 1. The number of unbranched alkanes of at least 4 members (excludes halogenated alkanes) is 1. The standard InChI is InChI=1S/C28H32N2O6S/c1-4-5-17-36-28(32)22-11-13-23(14-12-22)29-27(31)25(19-21-9-7-6-8-10-21)30-37(33,34)24-15-16-26(35-3)20(2)18-24/h6-16,18,25,30H,4-5,17,19H2,1-3H3,(H,29,31). The van der Waals surface area contributed by atoms with Crippen molar-refractivity contribution in [2.45, 2.75) is 44.0 Å². The molecule has 0 aliphatic carbocycles. The highest BCUT2D eigenvalue weighted by molar-refractivity contribution is 7.89. The van der Waals surface area contributed by atoms with Crippen LogP contribution in [0.5, 0.6) is 5.75 Å². The lowest BCUT2D eigenvalue weighted by molar-refractivity contribution is -0.117. The Bertz CT molecular complexity index is 1310. The fraction of sp³-hybridized carbons (Fsp3) is 0.286. The van der Waals surface area contributed by atoms with Crippen molar-refractivity contribution in [3.8, 4) is 5.75 Å². The van der Waals surface area contributed by atoms with E-state index in [9.17, 15) is 18.0 Å². The van der Waals surface area contributed by atoms with Gasteiger partial charge < -0.3 is 14.8 Å². The molecule has 0 aromatic heterocycles. The molecule has 0 aliphatic heterocycles. The Morgan fingerprint density at radius 3 is 2.30 bits per heavy atom. The number of benzene rings is 3. The van der Waals surface area contributed by atoms with E-state index in [4.69, 9.17) is 9.47 Å². The predicted octanol–water partition coefficient (Wildman–Crippen LogP) is 4.49. The van der Waals surface area contributed by atoms with Gasteiger partial charge in [0.1, 0.15) is 11.8 Å². The lowest BCUT2D eigenvalue weighted by Gasteiger charge is -2.19. The van der Waals surface area contributed by atoms with Gasteiger partial charge in [0.25, 0.3) is 0 Å². The second-order valence-electron chi connectivity index (χ2n) is 8.55. The molecule has 3 aromatic rings. The summed E-state index contributed by atoms with van der Waals surface area (Å²) in [6, 6.07) is 18.8. The van der Waals surface area contributed by atoms with Crippen LogP contribution in [0.2, 0.25) is 0 Å². The van der Waals surface area contributed by atoms with Crippen LogP contribution in [0.15, 0.2) is 77.7 Å². The number of aryl methyl sites for hydroxylation is 1. The smallest absolute Gasteiger partial charge is 0.338 e. The van der Waals surface area contributed by atoms with Gasteiger partial charge in [-0.15, -0.1) is 0 Å². The van der Waals surface area contributed by atoms with Crippen molar-refractivity contribution >= 4 is 27.6 Å². The van der Waals surface area contributed by atoms with Crippen molar-refractivity contribution in [1.29, 1.82) is 0 Å². The fourth-order valence-corrected chi connectivity index (χ4v) is 4.90. The molecule has 0 aliphatic rings. The predicted molar refractivity (Wildman–Crippen MR) is 142 cm³/mol. The number of rotatable bonds is 12. The van der Waals surface area contributed by atoms with Gasteiger partial charge in [-0.1, -0.05) is 43.7 Å². The van der Waals surface area contributed by atoms with Crippen LogP contribution in [0.4, 0.5) is 5.69 Å². The van der Waals surface area contributed by atoms with E-state index in [-0.39, 0.29) is 11.3 Å². The monoisotopic (exact) mass is 524 g/mol. The summed E-state index contributed by atoms with van der Waals surface area (Å²) in [5, 5.41) is 2.75. The van der Waals surface area contributed by atoms with Crippen molar-refractivity contribution in [3.63, 3.8) is 0 Å². The van der Waals surface area contributed by atoms with Crippen LogP contribution < -0.4 is 14.8 Å². The summed E-state index contributed by atoms with van der Waals surface area (Å²) in [5.41, 5.74) is 2.24. The van der Waals surface area contributed by atoms with Crippen LogP contribution in [-0.2, 0) is 26.0 Å². The highest BCUT2D eigenvalue weighted by Crippen LogP contribution is 2.22. The summed E-state index contributed by atoms with van der Waals surface area (Å²) in [4.78, 5) is 25.4. The normalized spacial score (nSPS) is 12.0. The maximum absolute atomic E-state index is 13.2. The molecule has 0 bridgehead atoms.